The molecule has 0 saturated heterocycles. The lowest BCUT2D eigenvalue weighted by Gasteiger charge is -2.27. The Hall–Kier alpha value is -4.95. The lowest BCUT2D eigenvalue weighted by atomic mass is 10.0. The summed E-state index contributed by atoms with van der Waals surface area (Å²) in [5.74, 6) is 0.0904. The Morgan fingerprint density at radius 1 is 0.949 bits per heavy atom. The molecule has 0 aliphatic carbocycles. The number of ether oxygens (including phenoxy) is 1. The third-order valence-corrected chi connectivity index (χ3v) is 6.80. The predicted molar refractivity (Wildman–Crippen MR) is 147 cm³/mol. The van der Waals surface area contributed by atoms with Gasteiger partial charge in [0, 0.05) is 32.5 Å². The van der Waals surface area contributed by atoms with Crippen molar-refractivity contribution in [2.45, 2.75) is 32.2 Å². The molecule has 0 saturated carbocycles. The van der Waals surface area contributed by atoms with E-state index in [-0.39, 0.29) is 18.9 Å². The standard InChI is InChI=1S/C31H29N5O3/c1-4-39-31(38)28(17-22-7-11-24(20-33)12-8-22)36(3)30(37)25-14-15-27-26(18-25)34-29(35(27)2)16-13-21-5-9-23(19-32)10-6-21/h5-12,14-15,18,28H,4,13,16-17H2,1-3H3. The number of amides is 1. The molecular weight excluding hydrogens is 490 g/mol. The van der Waals surface area contributed by atoms with Gasteiger partial charge >= 0.3 is 5.97 Å². The first kappa shape index (κ1) is 27.1. The number of likely N-dealkylation sites (N-methyl/N-ethyl adjacent to an activating group) is 1. The fourth-order valence-corrected chi connectivity index (χ4v) is 4.51. The number of benzene rings is 3. The average Bonchev–Trinajstić information content (AvgIpc) is 3.29. The summed E-state index contributed by atoms with van der Waals surface area (Å²) in [5.41, 5.74) is 5.12. The SMILES string of the molecule is CCOC(=O)C(Cc1ccc(C#N)cc1)N(C)C(=O)c1ccc2c(c1)nc(CCc1ccc(C#N)cc1)n2C. The summed E-state index contributed by atoms with van der Waals surface area (Å²) < 4.78 is 7.29. The fraction of sp³-hybridized carbons (Fsp3) is 0.258. The third kappa shape index (κ3) is 6.14. The molecule has 0 N–H and O–H groups in total. The van der Waals surface area contributed by atoms with Crippen LogP contribution >= 0.6 is 0 Å². The third-order valence-electron chi connectivity index (χ3n) is 6.80. The Morgan fingerprint density at radius 3 is 2.15 bits per heavy atom. The van der Waals surface area contributed by atoms with Crippen LogP contribution in [0.2, 0.25) is 0 Å². The van der Waals surface area contributed by atoms with E-state index in [1.165, 1.54) is 4.90 Å². The summed E-state index contributed by atoms with van der Waals surface area (Å²) in [6.45, 7) is 1.93. The van der Waals surface area contributed by atoms with E-state index in [0.29, 0.717) is 28.6 Å². The molecule has 1 amide bonds. The highest BCUT2D eigenvalue weighted by molar-refractivity contribution is 5.99. The van der Waals surface area contributed by atoms with Crippen LogP contribution in [-0.4, -0.2) is 46.0 Å². The zero-order valence-corrected chi connectivity index (χ0v) is 22.2. The van der Waals surface area contributed by atoms with Gasteiger partial charge in [-0.1, -0.05) is 24.3 Å². The number of fused-ring (bicyclic) bond motifs is 1. The van der Waals surface area contributed by atoms with Gasteiger partial charge < -0.3 is 14.2 Å². The molecule has 8 nitrogen and oxygen atoms in total. The van der Waals surface area contributed by atoms with Crippen LogP contribution in [0.1, 0.15) is 45.4 Å². The number of nitrogens with zero attached hydrogens (tertiary/aromatic N) is 5. The second-order valence-electron chi connectivity index (χ2n) is 9.30. The molecule has 4 aromatic rings. The van der Waals surface area contributed by atoms with Crippen LogP contribution < -0.4 is 0 Å². The van der Waals surface area contributed by atoms with Gasteiger partial charge in [-0.25, -0.2) is 9.78 Å². The molecule has 39 heavy (non-hydrogen) atoms. The molecule has 1 heterocycles. The molecule has 0 aliphatic heterocycles. The van der Waals surface area contributed by atoms with Crippen molar-refractivity contribution >= 4 is 22.9 Å². The Bertz CT molecular complexity index is 1570. The molecule has 196 valence electrons. The second-order valence-corrected chi connectivity index (χ2v) is 9.30. The zero-order valence-electron chi connectivity index (χ0n) is 22.2. The normalized spacial score (nSPS) is 11.4. The first-order valence-electron chi connectivity index (χ1n) is 12.7. The van der Waals surface area contributed by atoms with Gasteiger partial charge in [-0.3, -0.25) is 4.79 Å². The van der Waals surface area contributed by atoms with Gasteiger partial charge in [0.15, 0.2) is 0 Å². The van der Waals surface area contributed by atoms with Crippen molar-refractivity contribution in [3.8, 4) is 12.1 Å². The van der Waals surface area contributed by atoms with E-state index >= 15 is 0 Å². The van der Waals surface area contributed by atoms with Crippen molar-refractivity contribution < 1.29 is 14.3 Å². The Labute approximate surface area is 227 Å². The molecule has 3 aromatic carbocycles. The van der Waals surface area contributed by atoms with Crippen LogP contribution in [0.5, 0.6) is 0 Å². The number of carbonyl (C=O) groups is 2. The lowest BCUT2D eigenvalue weighted by molar-refractivity contribution is -0.148. The molecule has 0 aliphatic rings. The molecule has 0 fully saturated rings. The molecule has 1 aromatic heterocycles. The van der Waals surface area contributed by atoms with Crippen LogP contribution in [0.3, 0.4) is 0 Å². The molecular formula is C31H29N5O3. The fourth-order valence-electron chi connectivity index (χ4n) is 4.51. The van der Waals surface area contributed by atoms with E-state index in [9.17, 15) is 9.59 Å². The summed E-state index contributed by atoms with van der Waals surface area (Å²) in [7, 11) is 3.55. The van der Waals surface area contributed by atoms with E-state index < -0.39 is 12.0 Å². The molecule has 8 heteroatoms. The minimum absolute atomic E-state index is 0.204. The van der Waals surface area contributed by atoms with Crippen LogP contribution in [0, 0.1) is 22.7 Å². The summed E-state index contributed by atoms with van der Waals surface area (Å²) in [6.07, 6.45) is 1.74. The van der Waals surface area contributed by atoms with E-state index in [1.54, 1.807) is 50.4 Å². The smallest absolute Gasteiger partial charge is 0.329 e. The van der Waals surface area contributed by atoms with Crippen molar-refractivity contribution in [1.82, 2.24) is 14.5 Å². The number of rotatable bonds is 9. The maximum Gasteiger partial charge on any atom is 0.329 e. The number of carbonyl (C=O) groups excluding carboxylic acids is 2. The maximum absolute atomic E-state index is 13.5. The molecule has 0 radical (unpaired) electrons. The number of aromatic nitrogens is 2. The monoisotopic (exact) mass is 519 g/mol. The first-order chi connectivity index (χ1) is 18.8. The van der Waals surface area contributed by atoms with Gasteiger partial charge in [0.2, 0.25) is 0 Å². The van der Waals surface area contributed by atoms with Gasteiger partial charge in [0.05, 0.1) is 40.9 Å². The number of hydrogen-bond donors (Lipinski definition) is 0. The average molecular weight is 520 g/mol. The van der Waals surface area contributed by atoms with Gasteiger partial charge in [-0.05, 0) is 66.9 Å². The summed E-state index contributed by atoms with van der Waals surface area (Å²) in [6, 6.07) is 23.2. The Kier molecular flexibility index (Phi) is 8.38. The summed E-state index contributed by atoms with van der Waals surface area (Å²) in [4.78, 5) is 32.5. The van der Waals surface area contributed by atoms with Gasteiger partial charge in [0.25, 0.3) is 5.91 Å². The van der Waals surface area contributed by atoms with Crippen molar-refractivity contribution in [3.63, 3.8) is 0 Å². The maximum atomic E-state index is 13.5. The van der Waals surface area contributed by atoms with Crippen LogP contribution in [0.25, 0.3) is 11.0 Å². The lowest BCUT2D eigenvalue weighted by Crippen LogP contribution is -2.44. The molecule has 0 spiro atoms. The van der Waals surface area contributed by atoms with E-state index in [4.69, 9.17) is 20.2 Å². The molecule has 1 atom stereocenters. The predicted octanol–water partition coefficient (Wildman–Crippen LogP) is 4.35. The largest absolute Gasteiger partial charge is 0.464 e. The summed E-state index contributed by atoms with van der Waals surface area (Å²) in [5, 5.41) is 18.0. The van der Waals surface area contributed by atoms with E-state index in [0.717, 1.165) is 28.9 Å². The van der Waals surface area contributed by atoms with Crippen LogP contribution in [0.4, 0.5) is 0 Å². The number of aryl methyl sites for hydroxylation is 3. The molecule has 1 unspecified atom stereocenters. The van der Waals surface area contributed by atoms with Crippen molar-refractivity contribution in [2.75, 3.05) is 13.7 Å². The first-order valence-corrected chi connectivity index (χ1v) is 12.7. The van der Waals surface area contributed by atoms with Crippen LogP contribution in [0.15, 0.2) is 66.7 Å². The summed E-state index contributed by atoms with van der Waals surface area (Å²) >= 11 is 0. The Morgan fingerprint density at radius 2 is 1.56 bits per heavy atom. The number of hydrogen-bond acceptors (Lipinski definition) is 6. The highest BCUT2D eigenvalue weighted by atomic mass is 16.5. The quantitative estimate of drug-likeness (QED) is 0.304. The second kappa shape index (κ2) is 12.1. The minimum atomic E-state index is -0.826. The van der Waals surface area contributed by atoms with E-state index in [2.05, 4.69) is 12.1 Å². The minimum Gasteiger partial charge on any atom is -0.464 e. The van der Waals surface area contributed by atoms with Crippen LogP contribution in [-0.2, 0) is 35.8 Å². The van der Waals surface area contributed by atoms with Crippen molar-refractivity contribution in [2.24, 2.45) is 7.05 Å². The zero-order chi connectivity index (χ0) is 27.9. The van der Waals surface area contributed by atoms with Crippen molar-refractivity contribution in [3.05, 3.63) is 100 Å². The van der Waals surface area contributed by atoms with E-state index in [1.807, 2.05) is 41.9 Å². The number of nitriles is 2. The Balaban J connectivity index is 1.54. The number of esters is 1. The molecule has 0 bridgehead atoms. The highest BCUT2D eigenvalue weighted by Gasteiger charge is 2.29. The van der Waals surface area contributed by atoms with Gasteiger partial charge in [0.1, 0.15) is 11.9 Å². The molecule has 4 rings (SSSR count). The highest BCUT2D eigenvalue weighted by Crippen LogP contribution is 2.21. The van der Waals surface area contributed by atoms with Gasteiger partial charge in [-0.2, -0.15) is 10.5 Å². The topological polar surface area (TPSA) is 112 Å². The van der Waals surface area contributed by atoms with Gasteiger partial charge in [-0.15, -0.1) is 0 Å². The number of imidazole rings is 1. The van der Waals surface area contributed by atoms with Crippen molar-refractivity contribution in [1.29, 1.82) is 10.5 Å².